The molecule has 2 aliphatic carbocycles. The standard InChI is InChI=1S/C57H45N/c1-4-6-20-42(5-2)44-32-36-48(37-33-44)58(49-38-34-45(35-39-49)43-21-8-7-9-22-43)56-31-17-13-25-50(56)46-24-18-19-41(3)57(53-28-14-10-23-47(53)40-46)54-29-15-11-26-51(54)52-27-12-16-30-55(52)57/h4-39H,1,3,40H2,2H3/b19-18-,20-6-,42-5+,46-24+. The number of hydrogen-bond donors (Lipinski definition) is 0. The van der Waals surface area contributed by atoms with Crippen LogP contribution in [0.25, 0.3) is 33.4 Å². The molecule has 2 aliphatic rings. The van der Waals surface area contributed by atoms with E-state index in [0.717, 1.165) is 40.2 Å². The minimum absolute atomic E-state index is 0.510. The molecule has 0 aliphatic heterocycles. The Morgan fingerprint density at radius 2 is 1.14 bits per heavy atom. The van der Waals surface area contributed by atoms with Gasteiger partial charge < -0.3 is 4.90 Å². The van der Waals surface area contributed by atoms with Gasteiger partial charge in [-0.2, -0.15) is 0 Å². The molecule has 0 aromatic heterocycles. The number of anilines is 3. The summed E-state index contributed by atoms with van der Waals surface area (Å²) < 4.78 is 0. The predicted octanol–water partition coefficient (Wildman–Crippen LogP) is 15.0. The van der Waals surface area contributed by atoms with Crippen molar-refractivity contribution in [3.63, 3.8) is 0 Å². The number of nitrogens with zero attached hydrogens (tertiary/aromatic N) is 1. The van der Waals surface area contributed by atoms with Crippen molar-refractivity contribution in [1.29, 1.82) is 0 Å². The minimum Gasteiger partial charge on any atom is -0.310 e. The van der Waals surface area contributed by atoms with Crippen LogP contribution in [0, 0.1) is 0 Å². The number of rotatable bonds is 8. The Bertz CT molecular complexity index is 2730. The highest BCUT2D eigenvalue weighted by Crippen LogP contribution is 2.57. The molecule has 1 heteroatoms. The van der Waals surface area contributed by atoms with Gasteiger partial charge in [0.15, 0.2) is 0 Å². The largest absolute Gasteiger partial charge is 0.310 e. The van der Waals surface area contributed by atoms with Crippen LogP contribution in [0.1, 0.15) is 40.3 Å². The van der Waals surface area contributed by atoms with E-state index in [-0.39, 0.29) is 0 Å². The molecule has 278 valence electrons. The summed E-state index contributed by atoms with van der Waals surface area (Å²) >= 11 is 0. The molecule has 0 unspecified atom stereocenters. The first kappa shape index (κ1) is 36.4. The molecule has 0 fully saturated rings. The molecular formula is C57H45N. The van der Waals surface area contributed by atoms with Crippen molar-refractivity contribution in [2.75, 3.05) is 4.90 Å². The summed E-state index contributed by atoms with van der Waals surface area (Å²) in [6.45, 7) is 10.8. The normalized spacial score (nSPS) is 15.6. The molecule has 1 nitrogen and oxygen atoms in total. The summed E-state index contributed by atoms with van der Waals surface area (Å²) in [4.78, 5) is 2.40. The summed E-state index contributed by atoms with van der Waals surface area (Å²) in [5.41, 5.74) is 18.6. The van der Waals surface area contributed by atoms with E-state index in [0.29, 0.717) is 0 Å². The Balaban J connectivity index is 1.19. The second-order valence-corrected chi connectivity index (χ2v) is 14.9. The lowest BCUT2D eigenvalue weighted by molar-refractivity contribution is 0.760. The molecular weight excluding hydrogens is 699 g/mol. The molecule has 0 atom stereocenters. The molecule has 7 aromatic carbocycles. The Morgan fingerprint density at radius 3 is 1.79 bits per heavy atom. The Hall–Kier alpha value is -7.22. The second-order valence-electron chi connectivity index (χ2n) is 14.9. The lowest BCUT2D eigenvalue weighted by Gasteiger charge is -2.35. The van der Waals surface area contributed by atoms with Crippen LogP contribution in [0.3, 0.4) is 0 Å². The lowest BCUT2D eigenvalue weighted by atomic mass is 9.66. The molecule has 0 heterocycles. The van der Waals surface area contributed by atoms with Crippen molar-refractivity contribution < 1.29 is 0 Å². The maximum atomic E-state index is 4.85. The molecule has 0 radical (unpaired) electrons. The first-order chi connectivity index (χ1) is 28.6. The number of benzene rings is 7. The Morgan fingerprint density at radius 1 is 0.586 bits per heavy atom. The predicted molar refractivity (Wildman–Crippen MR) is 248 cm³/mol. The van der Waals surface area contributed by atoms with Crippen LogP contribution in [0.5, 0.6) is 0 Å². The van der Waals surface area contributed by atoms with E-state index in [4.69, 9.17) is 6.58 Å². The second kappa shape index (κ2) is 15.7. The lowest BCUT2D eigenvalue weighted by Crippen LogP contribution is -2.29. The van der Waals surface area contributed by atoms with E-state index < -0.39 is 5.41 Å². The molecule has 0 bridgehead atoms. The maximum Gasteiger partial charge on any atom is 0.0710 e. The van der Waals surface area contributed by atoms with E-state index >= 15 is 0 Å². The third-order valence-electron chi connectivity index (χ3n) is 11.7. The van der Waals surface area contributed by atoms with Gasteiger partial charge in [0.25, 0.3) is 0 Å². The van der Waals surface area contributed by atoms with Crippen LogP contribution < -0.4 is 4.90 Å². The van der Waals surface area contributed by atoms with Crippen LogP contribution in [-0.4, -0.2) is 0 Å². The Labute approximate surface area is 343 Å². The van der Waals surface area contributed by atoms with E-state index in [2.05, 4.69) is 225 Å². The number of hydrogen-bond acceptors (Lipinski definition) is 1. The SMILES string of the molecule is C=C/C=C\C(=C/C)c1ccc(N(c2ccc(-c3ccccc3)cc2)c2ccccc2/C2=C/C=C\C(=C)C3(c4ccccc4C2)c2ccccc2-c2ccccc23)cc1. The average molecular weight is 744 g/mol. The molecule has 0 N–H and O–H groups in total. The molecule has 0 amide bonds. The fourth-order valence-electron chi connectivity index (χ4n) is 9.07. The third kappa shape index (κ3) is 6.32. The highest BCUT2D eigenvalue weighted by atomic mass is 15.1. The minimum atomic E-state index is -0.510. The fraction of sp³-hybridized carbons (Fsp3) is 0.0526. The van der Waals surface area contributed by atoms with Crippen molar-refractivity contribution in [3.05, 3.63) is 271 Å². The van der Waals surface area contributed by atoms with Gasteiger partial charge in [0.05, 0.1) is 11.1 Å². The molecule has 0 saturated heterocycles. The first-order valence-corrected chi connectivity index (χ1v) is 20.1. The van der Waals surface area contributed by atoms with Gasteiger partial charge in [-0.3, -0.25) is 0 Å². The van der Waals surface area contributed by atoms with Gasteiger partial charge in [-0.1, -0.05) is 201 Å². The smallest absolute Gasteiger partial charge is 0.0710 e. The van der Waals surface area contributed by atoms with Crippen molar-refractivity contribution in [2.24, 2.45) is 0 Å². The topological polar surface area (TPSA) is 3.24 Å². The van der Waals surface area contributed by atoms with Crippen molar-refractivity contribution in [1.82, 2.24) is 0 Å². The fourth-order valence-corrected chi connectivity index (χ4v) is 9.07. The monoisotopic (exact) mass is 743 g/mol. The van der Waals surface area contributed by atoms with Gasteiger partial charge in [0.1, 0.15) is 0 Å². The van der Waals surface area contributed by atoms with Crippen molar-refractivity contribution >= 4 is 28.2 Å². The zero-order valence-electron chi connectivity index (χ0n) is 32.9. The van der Waals surface area contributed by atoms with Gasteiger partial charge in [0, 0.05) is 16.9 Å². The number of allylic oxidation sites excluding steroid dienone is 10. The van der Waals surface area contributed by atoms with Gasteiger partial charge in [-0.05, 0) is 110 Å². The third-order valence-corrected chi connectivity index (χ3v) is 11.7. The van der Waals surface area contributed by atoms with Crippen LogP contribution in [0.4, 0.5) is 17.1 Å². The molecule has 0 saturated carbocycles. The number of para-hydroxylation sites is 1. The molecule has 9 rings (SSSR count). The maximum absolute atomic E-state index is 4.85. The van der Waals surface area contributed by atoms with E-state index in [1.54, 1.807) is 0 Å². The summed E-state index contributed by atoms with van der Waals surface area (Å²) in [5, 5.41) is 0. The first-order valence-electron chi connectivity index (χ1n) is 20.1. The summed E-state index contributed by atoms with van der Waals surface area (Å²) in [6, 6.07) is 64.0. The van der Waals surface area contributed by atoms with Gasteiger partial charge in [0.2, 0.25) is 0 Å². The van der Waals surface area contributed by atoms with Gasteiger partial charge in [-0.15, -0.1) is 0 Å². The molecule has 58 heavy (non-hydrogen) atoms. The number of fused-ring (bicyclic) bond motifs is 7. The Kier molecular flexibility index (Phi) is 9.88. The van der Waals surface area contributed by atoms with E-state index in [1.807, 2.05) is 12.2 Å². The van der Waals surface area contributed by atoms with E-state index in [1.165, 1.54) is 55.6 Å². The van der Waals surface area contributed by atoms with Gasteiger partial charge in [-0.25, -0.2) is 0 Å². The summed E-state index contributed by atoms with van der Waals surface area (Å²) in [7, 11) is 0. The summed E-state index contributed by atoms with van der Waals surface area (Å²) in [6.07, 6.45) is 15.6. The van der Waals surface area contributed by atoms with Crippen LogP contribution in [0.15, 0.2) is 237 Å². The molecule has 7 aromatic rings. The van der Waals surface area contributed by atoms with Crippen LogP contribution >= 0.6 is 0 Å². The summed E-state index contributed by atoms with van der Waals surface area (Å²) in [5.74, 6) is 0. The molecule has 1 spiro atoms. The van der Waals surface area contributed by atoms with Gasteiger partial charge >= 0.3 is 0 Å². The zero-order chi connectivity index (χ0) is 39.5. The highest BCUT2D eigenvalue weighted by Gasteiger charge is 2.47. The highest BCUT2D eigenvalue weighted by molar-refractivity contribution is 5.90. The van der Waals surface area contributed by atoms with Crippen LogP contribution in [-0.2, 0) is 11.8 Å². The van der Waals surface area contributed by atoms with Crippen molar-refractivity contribution in [3.8, 4) is 22.3 Å². The quantitative estimate of drug-likeness (QED) is 0.140. The average Bonchev–Trinajstić information content (AvgIpc) is 3.61. The zero-order valence-corrected chi connectivity index (χ0v) is 32.9. The van der Waals surface area contributed by atoms with Crippen molar-refractivity contribution in [2.45, 2.75) is 18.8 Å². The van der Waals surface area contributed by atoms with E-state index in [9.17, 15) is 0 Å². The van der Waals surface area contributed by atoms with Crippen LogP contribution in [0.2, 0.25) is 0 Å².